The maximum Gasteiger partial charge on any atom is 0.115 e. The van der Waals surface area contributed by atoms with Gasteiger partial charge in [-0.3, -0.25) is 0 Å². The van der Waals surface area contributed by atoms with Crippen LogP contribution in [0.1, 0.15) is 57.2 Å². The van der Waals surface area contributed by atoms with Crippen LogP contribution in [0.3, 0.4) is 0 Å². The average molecular weight is 247 g/mol. The van der Waals surface area contributed by atoms with Crippen LogP contribution in [0.5, 0.6) is 5.75 Å². The molecule has 0 aliphatic heterocycles. The molecule has 2 rings (SSSR count). The van der Waals surface area contributed by atoms with E-state index in [0.717, 1.165) is 13.0 Å². The highest BCUT2D eigenvalue weighted by molar-refractivity contribution is 5.38. The van der Waals surface area contributed by atoms with Gasteiger partial charge in [0.15, 0.2) is 0 Å². The van der Waals surface area contributed by atoms with Gasteiger partial charge in [0.1, 0.15) is 5.75 Å². The lowest BCUT2D eigenvalue weighted by molar-refractivity contribution is 0.299. The molecule has 1 aromatic rings. The summed E-state index contributed by atoms with van der Waals surface area (Å²) >= 11 is 0. The number of phenols is 1. The van der Waals surface area contributed by atoms with Gasteiger partial charge >= 0.3 is 0 Å². The predicted molar refractivity (Wildman–Crippen MR) is 75.9 cm³/mol. The highest BCUT2D eigenvalue weighted by atomic mass is 16.3. The summed E-state index contributed by atoms with van der Waals surface area (Å²) in [6.45, 7) is 7.87. The molecule has 0 saturated carbocycles. The predicted octanol–water partition coefficient (Wildman–Crippen LogP) is 3.80. The van der Waals surface area contributed by atoms with Crippen LogP contribution in [0.25, 0.3) is 0 Å². The molecule has 1 aliphatic carbocycles. The Balaban J connectivity index is 2.10. The van der Waals surface area contributed by atoms with Crippen LogP contribution in [0.4, 0.5) is 0 Å². The third-order valence-corrected chi connectivity index (χ3v) is 4.23. The highest BCUT2D eigenvalue weighted by Gasteiger charge is 2.23. The molecule has 0 saturated heterocycles. The van der Waals surface area contributed by atoms with Gasteiger partial charge in [0.25, 0.3) is 0 Å². The first kappa shape index (κ1) is 13.4. The fourth-order valence-electron chi connectivity index (χ4n) is 2.52. The van der Waals surface area contributed by atoms with E-state index in [2.05, 4.69) is 32.2 Å². The van der Waals surface area contributed by atoms with Gasteiger partial charge in [-0.2, -0.15) is 0 Å². The van der Waals surface area contributed by atoms with Crippen LogP contribution < -0.4 is 5.32 Å². The fourth-order valence-corrected chi connectivity index (χ4v) is 2.52. The molecule has 2 nitrogen and oxygen atoms in total. The van der Waals surface area contributed by atoms with Crippen LogP contribution in [0.2, 0.25) is 0 Å². The van der Waals surface area contributed by atoms with Gasteiger partial charge in [0.2, 0.25) is 0 Å². The Morgan fingerprint density at radius 2 is 2.17 bits per heavy atom. The number of nitrogens with one attached hydrogen (secondary N) is 1. The van der Waals surface area contributed by atoms with Crippen molar-refractivity contribution in [2.45, 2.75) is 52.5 Å². The molecule has 0 fully saturated rings. The van der Waals surface area contributed by atoms with E-state index in [1.165, 1.54) is 30.4 Å². The number of aromatic hydroxyl groups is 1. The van der Waals surface area contributed by atoms with Crippen LogP contribution in [-0.4, -0.2) is 11.7 Å². The zero-order chi connectivity index (χ0) is 13.2. The number of hydrogen-bond acceptors (Lipinski definition) is 2. The topological polar surface area (TPSA) is 32.3 Å². The summed E-state index contributed by atoms with van der Waals surface area (Å²) in [5.74, 6) is 0.386. The van der Waals surface area contributed by atoms with E-state index >= 15 is 0 Å². The molecule has 1 atom stereocenters. The summed E-state index contributed by atoms with van der Waals surface area (Å²) < 4.78 is 0. The van der Waals surface area contributed by atoms with Crippen LogP contribution in [0.15, 0.2) is 18.2 Å². The van der Waals surface area contributed by atoms with Gasteiger partial charge in [0, 0.05) is 12.6 Å². The largest absolute Gasteiger partial charge is 0.508 e. The molecule has 1 unspecified atom stereocenters. The molecule has 0 spiro atoms. The van der Waals surface area contributed by atoms with Gasteiger partial charge in [-0.05, 0) is 54.4 Å². The average Bonchev–Trinajstić information content (AvgIpc) is 2.36. The monoisotopic (exact) mass is 247 g/mol. The van der Waals surface area contributed by atoms with E-state index in [1.54, 1.807) is 6.07 Å². The highest BCUT2D eigenvalue weighted by Crippen LogP contribution is 2.33. The molecule has 0 bridgehead atoms. The second kappa shape index (κ2) is 5.31. The molecule has 2 heteroatoms. The lowest BCUT2D eigenvalue weighted by atomic mass is 9.85. The summed E-state index contributed by atoms with van der Waals surface area (Å²) in [7, 11) is 0. The standard InChI is InChI=1S/C16H25NO/c1-4-16(2,3)11-17-15-7-5-6-12-8-9-13(18)10-14(12)15/h8-10,15,17-18H,4-7,11H2,1-3H3. The van der Waals surface area contributed by atoms with Crippen molar-refractivity contribution in [3.05, 3.63) is 29.3 Å². The first-order valence-electron chi connectivity index (χ1n) is 7.07. The molecule has 2 N–H and O–H groups in total. The molecule has 1 aliphatic rings. The molecule has 18 heavy (non-hydrogen) atoms. The Hall–Kier alpha value is -1.02. The number of hydrogen-bond donors (Lipinski definition) is 2. The van der Waals surface area contributed by atoms with E-state index < -0.39 is 0 Å². The molecular weight excluding hydrogens is 222 g/mol. The molecule has 0 aromatic heterocycles. The van der Waals surface area contributed by atoms with Gasteiger partial charge in [-0.15, -0.1) is 0 Å². The van der Waals surface area contributed by atoms with Crippen molar-refractivity contribution in [3.63, 3.8) is 0 Å². The molecule has 0 amide bonds. The molecular formula is C16H25NO. The summed E-state index contributed by atoms with van der Waals surface area (Å²) in [5.41, 5.74) is 3.04. The van der Waals surface area contributed by atoms with Crippen molar-refractivity contribution in [1.29, 1.82) is 0 Å². The molecule has 0 heterocycles. The third kappa shape index (κ3) is 3.05. The fraction of sp³-hybridized carbons (Fsp3) is 0.625. The first-order valence-corrected chi connectivity index (χ1v) is 7.07. The smallest absolute Gasteiger partial charge is 0.115 e. The number of fused-ring (bicyclic) bond motifs is 1. The van der Waals surface area contributed by atoms with E-state index in [4.69, 9.17) is 0 Å². The minimum Gasteiger partial charge on any atom is -0.508 e. The third-order valence-electron chi connectivity index (χ3n) is 4.23. The Bertz CT molecular complexity index is 412. The Kier molecular flexibility index (Phi) is 3.96. The van der Waals surface area contributed by atoms with Gasteiger partial charge in [-0.25, -0.2) is 0 Å². The van der Waals surface area contributed by atoms with Gasteiger partial charge in [-0.1, -0.05) is 26.8 Å². The van der Waals surface area contributed by atoms with Crippen molar-refractivity contribution in [1.82, 2.24) is 5.32 Å². The number of benzene rings is 1. The Morgan fingerprint density at radius 3 is 2.89 bits per heavy atom. The summed E-state index contributed by atoms with van der Waals surface area (Å²) in [6, 6.07) is 6.22. The van der Waals surface area contributed by atoms with Gasteiger partial charge < -0.3 is 10.4 Å². The van der Waals surface area contributed by atoms with E-state index in [-0.39, 0.29) is 0 Å². The van der Waals surface area contributed by atoms with Crippen LogP contribution >= 0.6 is 0 Å². The number of rotatable bonds is 4. The van der Waals surface area contributed by atoms with Crippen molar-refractivity contribution >= 4 is 0 Å². The minimum atomic E-state index is 0.342. The zero-order valence-corrected chi connectivity index (χ0v) is 11.8. The lowest BCUT2D eigenvalue weighted by Gasteiger charge is -2.31. The van der Waals surface area contributed by atoms with Crippen molar-refractivity contribution in [2.75, 3.05) is 6.54 Å². The Labute approximate surface area is 110 Å². The molecule has 1 aromatic carbocycles. The molecule has 0 radical (unpaired) electrons. The van der Waals surface area contributed by atoms with E-state index in [9.17, 15) is 5.11 Å². The molecule has 100 valence electrons. The maximum atomic E-state index is 9.65. The van der Waals surface area contributed by atoms with Crippen LogP contribution in [-0.2, 0) is 6.42 Å². The summed E-state index contributed by atoms with van der Waals surface area (Å²) in [4.78, 5) is 0. The van der Waals surface area contributed by atoms with E-state index in [1.807, 2.05) is 6.07 Å². The van der Waals surface area contributed by atoms with Crippen molar-refractivity contribution < 1.29 is 5.11 Å². The summed E-state index contributed by atoms with van der Waals surface area (Å²) in [5, 5.41) is 13.3. The summed E-state index contributed by atoms with van der Waals surface area (Å²) in [6.07, 6.45) is 4.74. The SMILES string of the molecule is CCC(C)(C)CNC1CCCc2ccc(O)cc21. The second-order valence-electron chi connectivity index (χ2n) is 6.23. The quantitative estimate of drug-likeness (QED) is 0.848. The van der Waals surface area contributed by atoms with Crippen molar-refractivity contribution in [2.24, 2.45) is 5.41 Å². The number of aryl methyl sites for hydroxylation is 1. The first-order chi connectivity index (χ1) is 8.52. The second-order valence-corrected chi connectivity index (χ2v) is 6.23. The minimum absolute atomic E-state index is 0.342. The van der Waals surface area contributed by atoms with Gasteiger partial charge in [0.05, 0.1) is 0 Å². The van der Waals surface area contributed by atoms with E-state index in [0.29, 0.717) is 17.2 Å². The Morgan fingerprint density at radius 1 is 1.39 bits per heavy atom. The normalized spacial score (nSPS) is 19.6. The van der Waals surface area contributed by atoms with Crippen molar-refractivity contribution in [3.8, 4) is 5.75 Å². The van der Waals surface area contributed by atoms with Crippen LogP contribution in [0, 0.1) is 5.41 Å². The zero-order valence-electron chi connectivity index (χ0n) is 11.8. The maximum absolute atomic E-state index is 9.65. The number of phenolic OH excluding ortho intramolecular Hbond substituents is 1. The lowest BCUT2D eigenvalue weighted by Crippen LogP contribution is -2.33.